The number of hydrogen-bond acceptors (Lipinski definition) is 8. The van der Waals surface area contributed by atoms with Crippen molar-refractivity contribution in [3.63, 3.8) is 0 Å². The monoisotopic (exact) mass is 396 g/mol. The molecule has 0 atom stereocenters. The van der Waals surface area contributed by atoms with E-state index in [1.54, 1.807) is 0 Å². The summed E-state index contributed by atoms with van der Waals surface area (Å²) in [5, 5.41) is 25.1. The standard InChI is InChI=1S/C17H12N6O4S/c24-14(19-17-22-21-16(28-17)12-4-2-1-3-5-12)15(25)20-18-10-11-6-8-13(9-7-11)23(26)27/h1-10H,(H,20,25)(H,19,22,24)/b18-10+. The van der Waals surface area contributed by atoms with E-state index in [0.717, 1.165) is 16.9 Å². The highest BCUT2D eigenvalue weighted by Gasteiger charge is 2.16. The number of nitro groups is 1. The molecule has 140 valence electrons. The maximum atomic E-state index is 11.9. The summed E-state index contributed by atoms with van der Waals surface area (Å²) >= 11 is 1.13. The first kappa shape index (κ1) is 18.8. The molecule has 1 heterocycles. The molecule has 0 saturated carbocycles. The Morgan fingerprint density at radius 3 is 2.43 bits per heavy atom. The number of nitrogens with zero attached hydrogens (tertiary/aromatic N) is 4. The van der Waals surface area contributed by atoms with E-state index in [-0.39, 0.29) is 10.8 Å². The topological polar surface area (TPSA) is 139 Å². The Kier molecular flexibility index (Phi) is 5.77. The molecule has 1 aromatic heterocycles. The quantitative estimate of drug-likeness (QED) is 0.293. The first-order chi connectivity index (χ1) is 13.5. The van der Waals surface area contributed by atoms with Gasteiger partial charge in [-0.25, -0.2) is 5.43 Å². The second-order valence-electron chi connectivity index (χ2n) is 5.28. The van der Waals surface area contributed by atoms with E-state index >= 15 is 0 Å². The molecule has 2 amide bonds. The number of hydrogen-bond donors (Lipinski definition) is 2. The molecule has 0 radical (unpaired) electrons. The minimum Gasteiger partial charge on any atom is -0.292 e. The zero-order chi connectivity index (χ0) is 19.9. The summed E-state index contributed by atoms with van der Waals surface area (Å²) in [6.07, 6.45) is 1.26. The zero-order valence-electron chi connectivity index (χ0n) is 14.1. The van der Waals surface area contributed by atoms with Crippen molar-refractivity contribution >= 4 is 40.2 Å². The number of carbonyl (C=O) groups is 2. The lowest BCUT2D eigenvalue weighted by molar-refractivity contribution is -0.384. The fourth-order valence-electron chi connectivity index (χ4n) is 2.02. The van der Waals surface area contributed by atoms with Gasteiger partial charge in [0.05, 0.1) is 11.1 Å². The number of amides is 2. The molecule has 0 aliphatic heterocycles. The summed E-state index contributed by atoms with van der Waals surface area (Å²) in [6, 6.07) is 14.8. The Balaban J connectivity index is 1.54. The Morgan fingerprint density at radius 1 is 1.04 bits per heavy atom. The van der Waals surface area contributed by atoms with E-state index in [1.165, 1.54) is 30.5 Å². The second kappa shape index (κ2) is 8.60. The van der Waals surface area contributed by atoms with E-state index < -0.39 is 16.7 Å². The number of aromatic nitrogens is 2. The van der Waals surface area contributed by atoms with E-state index in [0.29, 0.717) is 10.6 Å². The number of non-ortho nitro benzene ring substituents is 1. The number of benzene rings is 2. The summed E-state index contributed by atoms with van der Waals surface area (Å²) in [7, 11) is 0. The Labute approximate surface area is 162 Å². The zero-order valence-corrected chi connectivity index (χ0v) is 14.9. The van der Waals surface area contributed by atoms with Crippen molar-refractivity contribution in [3.8, 4) is 10.6 Å². The number of rotatable bonds is 5. The van der Waals surface area contributed by atoms with Crippen LogP contribution in [0.2, 0.25) is 0 Å². The maximum absolute atomic E-state index is 11.9. The first-order valence-corrected chi connectivity index (χ1v) is 8.62. The fraction of sp³-hybridized carbons (Fsp3) is 0. The molecule has 0 aliphatic rings. The Morgan fingerprint density at radius 2 is 1.75 bits per heavy atom. The molecule has 3 rings (SSSR count). The highest BCUT2D eigenvalue weighted by atomic mass is 32.1. The normalized spacial score (nSPS) is 10.6. The van der Waals surface area contributed by atoms with Crippen molar-refractivity contribution in [2.24, 2.45) is 5.10 Å². The van der Waals surface area contributed by atoms with Gasteiger partial charge in [0.15, 0.2) is 0 Å². The molecule has 2 N–H and O–H groups in total. The van der Waals surface area contributed by atoms with Crippen LogP contribution in [-0.2, 0) is 9.59 Å². The van der Waals surface area contributed by atoms with Gasteiger partial charge in [0.25, 0.3) is 5.69 Å². The lowest BCUT2D eigenvalue weighted by atomic mass is 10.2. The summed E-state index contributed by atoms with van der Waals surface area (Å²) in [4.78, 5) is 33.7. The molecule has 28 heavy (non-hydrogen) atoms. The van der Waals surface area contributed by atoms with Crippen molar-refractivity contribution in [2.45, 2.75) is 0 Å². The molecule has 2 aromatic carbocycles. The van der Waals surface area contributed by atoms with Crippen LogP contribution in [0.4, 0.5) is 10.8 Å². The molecular weight excluding hydrogens is 384 g/mol. The third-order valence-electron chi connectivity index (χ3n) is 3.36. The second-order valence-corrected chi connectivity index (χ2v) is 6.26. The van der Waals surface area contributed by atoms with Crippen LogP contribution in [0.3, 0.4) is 0 Å². The highest BCUT2D eigenvalue weighted by molar-refractivity contribution is 7.18. The third-order valence-corrected chi connectivity index (χ3v) is 4.24. The van der Waals surface area contributed by atoms with E-state index in [4.69, 9.17) is 0 Å². The van der Waals surface area contributed by atoms with Gasteiger partial charge in [-0.15, -0.1) is 10.2 Å². The summed E-state index contributed by atoms with van der Waals surface area (Å²) in [5.41, 5.74) is 3.37. The molecule has 0 spiro atoms. The van der Waals surface area contributed by atoms with Crippen LogP contribution in [0.15, 0.2) is 59.7 Å². The van der Waals surface area contributed by atoms with Crippen molar-refractivity contribution < 1.29 is 14.5 Å². The maximum Gasteiger partial charge on any atom is 0.329 e. The summed E-state index contributed by atoms with van der Waals surface area (Å²) in [6.45, 7) is 0. The smallest absolute Gasteiger partial charge is 0.292 e. The van der Waals surface area contributed by atoms with Crippen LogP contribution in [-0.4, -0.2) is 33.1 Å². The van der Waals surface area contributed by atoms with Crippen LogP contribution < -0.4 is 10.7 Å². The Hall–Kier alpha value is -3.99. The molecule has 11 heteroatoms. The van der Waals surface area contributed by atoms with Crippen LogP contribution in [0.25, 0.3) is 10.6 Å². The van der Waals surface area contributed by atoms with Crippen LogP contribution in [0.5, 0.6) is 0 Å². The summed E-state index contributed by atoms with van der Waals surface area (Å²) < 4.78 is 0. The third kappa shape index (κ3) is 4.80. The minimum atomic E-state index is -0.991. The summed E-state index contributed by atoms with van der Waals surface area (Å²) in [5.74, 6) is -1.94. The van der Waals surface area contributed by atoms with Gasteiger partial charge < -0.3 is 0 Å². The van der Waals surface area contributed by atoms with Gasteiger partial charge in [-0.3, -0.25) is 25.0 Å². The molecule has 0 aliphatic carbocycles. The lowest BCUT2D eigenvalue weighted by Gasteiger charge is -1.99. The van der Waals surface area contributed by atoms with Gasteiger partial charge in [0, 0.05) is 17.7 Å². The predicted octanol–water partition coefficient (Wildman–Crippen LogP) is 2.20. The highest BCUT2D eigenvalue weighted by Crippen LogP contribution is 2.25. The largest absolute Gasteiger partial charge is 0.329 e. The van der Waals surface area contributed by atoms with Crippen molar-refractivity contribution in [1.82, 2.24) is 15.6 Å². The number of hydrazone groups is 1. The SMILES string of the molecule is O=C(N/N=C/c1ccc([N+](=O)[O-])cc1)C(=O)Nc1nnc(-c2ccccc2)s1. The van der Waals surface area contributed by atoms with Gasteiger partial charge in [-0.1, -0.05) is 41.7 Å². The van der Waals surface area contributed by atoms with Gasteiger partial charge in [-0.2, -0.15) is 5.10 Å². The fourth-order valence-corrected chi connectivity index (χ4v) is 2.77. The molecule has 0 saturated heterocycles. The predicted molar refractivity (Wildman–Crippen MR) is 103 cm³/mol. The number of carbonyl (C=O) groups excluding carboxylic acids is 2. The molecular formula is C17H12N6O4S. The molecule has 0 bridgehead atoms. The average molecular weight is 396 g/mol. The van der Waals surface area contributed by atoms with Crippen molar-refractivity contribution in [2.75, 3.05) is 5.32 Å². The van der Waals surface area contributed by atoms with Crippen LogP contribution >= 0.6 is 11.3 Å². The molecule has 0 fully saturated rings. The number of nitro benzene ring substituents is 1. The van der Waals surface area contributed by atoms with Crippen LogP contribution in [0, 0.1) is 10.1 Å². The first-order valence-electron chi connectivity index (χ1n) is 7.80. The van der Waals surface area contributed by atoms with E-state index in [9.17, 15) is 19.7 Å². The van der Waals surface area contributed by atoms with Gasteiger partial charge >= 0.3 is 11.8 Å². The van der Waals surface area contributed by atoms with Gasteiger partial charge in [-0.05, 0) is 17.7 Å². The molecule has 3 aromatic rings. The van der Waals surface area contributed by atoms with E-state index in [2.05, 4.69) is 26.0 Å². The average Bonchev–Trinajstić information content (AvgIpc) is 3.17. The van der Waals surface area contributed by atoms with E-state index in [1.807, 2.05) is 30.3 Å². The minimum absolute atomic E-state index is 0.0625. The van der Waals surface area contributed by atoms with Gasteiger partial charge in [0.2, 0.25) is 5.13 Å². The van der Waals surface area contributed by atoms with Crippen molar-refractivity contribution in [1.29, 1.82) is 0 Å². The lowest BCUT2D eigenvalue weighted by Crippen LogP contribution is -2.32. The molecule has 10 nitrogen and oxygen atoms in total. The van der Waals surface area contributed by atoms with Crippen LogP contribution in [0.1, 0.15) is 5.56 Å². The van der Waals surface area contributed by atoms with Gasteiger partial charge in [0.1, 0.15) is 5.01 Å². The van der Waals surface area contributed by atoms with Crippen molar-refractivity contribution in [3.05, 3.63) is 70.3 Å². The number of anilines is 1. The number of nitrogens with one attached hydrogen (secondary N) is 2. The molecule has 0 unspecified atom stereocenters. The Bertz CT molecular complexity index is 1030.